The largest absolute Gasteiger partial charge is 0.366 e. The van der Waals surface area contributed by atoms with Gasteiger partial charge in [0.25, 0.3) is 0 Å². The fourth-order valence-corrected chi connectivity index (χ4v) is 3.04. The minimum atomic E-state index is -1.25. The van der Waals surface area contributed by atoms with E-state index in [1.807, 2.05) is 35.2 Å². The van der Waals surface area contributed by atoms with E-state index in [2.05, 4.69) is 16.3 Å². The Labute approximate surface area is 187 Å². The molecule has 0 amide bonds. The van der Waals surface area contributed by atoms with E-state index in [-0.39, 0.29) is 0 Å². The molecule has 0 atom stereocenters. The summed E-state index contributed by atoms with van der Waals surface area (Å²) in [6, 6.07) is 19.8. The molecule has 0 unspecified atom stereocenters. The predicted octanol–water partition coefficient (Wildman–Crippen LogP) is 5.98. The van der Waals surface area contributed by atoms with Crippen LogP contribution in [0.3, 0.4) is 0 Å². The summed E-state index contributed by atoms with van der Waals surface area (Å²) >= 11 is 0. The minimum absolute atomic E-state index is 0.337. The van der Waals surface area contributed by atoms with Gasteiger partial charge >= 0.3 is 11.4 Å². The topological polar surface area (TPSA) is 138 Å². The van der Waals surface area contributed by atoms with Gasteiger partial charge in [-0.3, -0.25) is 20.2 Å². The van der Waals surface area contributed by atoms with Crippen molar-refractivity contribution >= 4 is 28.4 Å². The van der Waals surface area contributed by atoms with E-state index in [1.54, 1.807) is 24.3 Å². The molecule has 0 N–H and O–H groups in total. The van der Waals surface area contributed by atoms with Gasteiger partial charge in [-0.15, -0.1) is 5.11 Å². The molecule has 3 rings (SSSR count). The Balaban J connectivity index is 1.83. The lowest BCUT2D eigenvalue weighted by atomic mass is 10.2. The monoisotopic (exact) mass is 448 g/mol. The zero-order valence-electron chi connectivity index (χ0n) is 17.2. The standard InChI is InChI=1S/C22H17FN6O4/c23-19-13-20(22(29(32)33)14-21(19)28(30)31)26-25-17-7-9-18(10-8-17)27(12-4-11-24)15-16-5-2-1-3-6-16/h1-3,5-10,13-14H,4,12,15H2/b26-25+. The number of azo groups is 1. The van der Waals surface area contributed by atoms with Crippen molar-refractivity contribution < 1.29 is 14.2 Å². The summed E-state index contributed by atoms with van der Waals surface area (Å²) in [6.45, 7) is 1.11. The van der Waals surface area contributed by atoms with Crippen LogP contribution in [0.1, 0.15) is 12.0 Å². The first-order chi connectivity index (χ1) is 15.9. The van der Waals surface area contributed by atoms with Crippen molar-refractivity contribution in [3.8, 4) is 6.07 Å². The summed E-state index contributed by atoms with van der Waals surface area (Å²) < 4.78 is 13.9. The zero-order chi connectivity index (χ0) is 23.8. The Morgan fingerprint density at radius 2 is 1.61 bits per heavy atom. The van der Waals surface area contributed by atoms with Crippen LogP contribution in [0.15, 0.2) is 77.0 Å². The summed E-state index contributed by atoms with van der Waals surface area (Å²) in [5.41, 5.74) is 0.0701. The molecule has 0 aliphatic carbocycles. The summed E-state index contributed by atoms with van der Waals surface area (Å²) in [5, 5.41) is 38.6. The van der Waals surface area contributed by atoms with E-state index in [9.17, 15) is 24.6 Å². The van der Waals surface area contributed by atoms with E-state index in [0.717, 1.165) is 11.3 Å². The highest BCUT2D eigenvalue weighted by molar-refractivity contribution is 5.62. The first kappa shape index (κ1) is 23.0. The molecule has 0 spiro atoms. The SMILES string of the molecule is N#CCCN(Cc1ccccc1)c1ccc(/N=N/c2cc(F)c([N+](=O)[O-])cc2[N+](=O)[O-])cc1. The molecular formula is C22H17FN6O4. The van der Waals surface area contributed by atoms with Gasteiger partial charge in [0.2, 0.25) is 5.82 Å². The van der Waals surface area contributed by atoms with Crippen molar-refractivity contribution in [2.24, 2.45) is 10.2 Å². The first-order valence-electron chi connectivity index (χ1n) is 9.69. The number of nitrogens with zero attached hydrogens (tertiary/aromatic N) is 6. The Morgan fingerprint density at radius 1 is 0.939 bits per heavy atom. The van der Waals surface area contributed by atoms with Gasteiger partial charge in [-0.2, -0.15) is 14.8 Å². The van der Waals surface area contributed by atoms with Crippen LogP contribution in [0.2, 0.25) is 0 Å². The number of halogens is 1. The van der Waals surface area contributed by atoms with E-state index in [4.69, 9.17) is 5.26 Å². The lowest BCUT2D eigenvalue weighted by molar-refractivity contribution is -0.395. The van der Waals surface area contributed by atoms with Gasteiger partial charge in [0.15, 0.2) is 5.69 Å². The van der Waals surface area contributed by atoms with Crippen molar-refractivity contribution in [2.45, 2.75) is 13.0 Å². The number of rotatable bonds is 9. The molecule has 166 valence electrons. The molecule has 0 saturated carbocycles. The quantitative estimate of drug-likeness (QED) is 0.224. The zero-order valence-corrected chi connectivity index (χ0v) is 17.2. The number of nitriles is 1. The molecule has 0 aromatic heterocycles. The maximum Gasteiger partial charge on any atom is 0.311 e. The Kier molecular flexibility index (Phi) is 7.33. The van der Waals surface area contributed by atoms with E-state index in [1.165, 1.54) is 0 Å². The van der Waals surface area contributed by atoms with Crippen LogP contribution in [0, 0.1) is 37.4 Å². The fraction of sp³-hybridized carbons (Fsp3) is 0.136. The van der Waals surface area contributed by atoms with Crippen molar-refractivity contribution in [2.75, 3.05) is 11.4 Å². The van der Waals surface area contributed by atoms with Crippen LogP contribution < -0.4 is 4.90 Å². The van der Waals surface area contributed by atoms with Crippen molar-refractivity contribution in [1.29, 1.82) is 5.26 Å². The Bertz CT molecular complexity index is 1230. The van der Waals surface area contributed by atoms with Gasteiger partial charge in [0, 0.05) is 24.8 Å². The molecular weight excluding hydrogens is 431 g/mol. The Hall–Kier alpha value is -4.72. The third kappa shape index (κ3) is 5.92. The van der Waals surface area contributed by atoms with Gasteiger partial charge in [0.1, 0.15) is 0 Å². The highest BCUT2D eigenvalue weighted by Gasteiger charge is 2.25. The average molecular weight is 448 g/mol. The molecule has 0 fully saturated rings. The molecule has 0 saturated heterocycles. The lowest BCUT2D eigenvalue weighted by Crippen LogP contribution is -2.23. The normalized spacial score (nSPS) is 10.7. The van der Waals surface area contributed by atoms with Gasteiger partial charge < -0.3 is 4.90 Å². The number of hydrogen-bond acceptors (Lipinski definition) is 8. The molecule has 3 aromatic carbocycles. The highest BCUT2D eigenvalue weighted by Crippen LogP contribution is 2.35. The predicted molar refractivity (Wildman–Crippen MR) is 118 cm³/mol. The second kappa shape index (κ2) is 10.5. The van der Waals surface area contributed by atoms with E-state index < -0.39 is 32.7 Å². The molecule has 0 heterocycles. The van der Waals surface area contributed by atoms with Crippen LogP contribution in [-0.4, -0.2) is 16.4 Å². The summed E-state index contributed by atoms with van der Waals surface area (Å²) in [7, 11) is 0. The summed E-state index contributed by atoms with van der Waals surface area (Å²) in [6.07, 6.45) is 0.337. The van der Waals surface area contributed by atoms with Crippen LogP contribution in [0.25, 0.3) is 0 Å². The van der Waals surface area contributed by atoms with Crippen molar-refractivity contribution in [3.63, 3.8) is 0 Å². The molecule has 11 heteroatoms. The van der Waals surface area contributed by atoms with Crippen LogP contribution in [0.4, 0.5) is 32.8 Å². The van der Waals surface area contributed by atoms with Gasteiger partial charge in [-0.05, 0) is 29.8 Å². The Morgan fingerprint density at radius 3 is 2.21 bits per heavy atom. The highest BCUT2D eigenvalue weighted by atomic mass is 19.1. The van der Waals surface area contributed by atoms with Crippen LogP contribution in [-0.2, 0) is 6.54 Å². The minimum Gasteiger partial charge on any atom is -0.366 e. The third-order valence-electron chi connectivity index (χ3n) is 4.64. The van der Waals surface area contributed by atoms with Gasteiger partial charge in [0.05, 0.1) is 34.1 Å². The molecule has 0 aliphatic rings. The second-order valence-electron chi connectivity index (χ2n) is 6.84. The first-order valence-corrected chi connectivity index (χ1v) is 9.69. The maximum atomic E-state index is 13.9. The third-order valence-corrected chi connectivity index (χ3v) is 4.64. The van der Waals surface area contributed by atoms with Crippen LogP contribution in [0.5, 0.6) is 0 Å². The second-order valence-corrected chi connectivity index (χ2v) is 6.84. The molecule has 0 aliphatic heterocycles. The number of nitro groups is 2. The smallest absolute Gasteiger partial charge is 0.311 e. The van der Waals surface area contributed by atoms with Crippen molar-refractivity contribution in [3.05, 3.63) is 98.3 Å². The molecule has 3 aromatic rings. The van der Waals surface area contributed by atoms with Gasteiger partial charge in [-0.1, -0.05) is 30.3 Å². The van der Waals surface area contributed by atoms with E-state index >= 15 is 0 Å². The molecule has 33 heavy (non-hydrogen) atoms. The average Bonchev–Trinajstić information content (AvgIpc) is 2.81. The van der Waals surface area contributed by atoms with Crippen molar-refractivity contribution in [1.82, 2.24) is 0 Å². The summed E-state index contributed by atoms with van der Waals surface area (Å²) in [5.74, 6) is -1.25. The van der Waals surface area contributed by atoms with Crippen LogP contribution >= 0.6 is 0 Å². The molecule has 0 bridgehead atoms. The van der Waals surface area contributed by atoms with E-state index in [0.29, 0.717) is 37.3 Å². The number of nitro benzene ring substituents is 2. The fourth-order valence-electron chi connectivity index (χ4n) is 3.04. The lowest BCUT2D eigenvalue weighted by Gasteiger charge is -2.24. The number of benzene rings is 3. The number of hydrogen-bond donors (Lipinski definition) is 0. The van der Waals surface area contributed by atoms with Gasteiger partial charge in [-0.25, -0.2) is 0 Å². The summed E-state index contributed by atoms with van der Waals surface area (Å²) in [4.78, 5) is 22.1. The number of anilines is 1. The molecule has 10 nitrogen and oxygen atoms in total. The maximum absolute atomic E-state index is 13.9. The molecule has 0 radical (unpaired) electrons.